The molecule has 0 aliphatic rings. The van der Waals surface area contributed by atoms with Gasteiger partial charge in [0, 0.05) is 10.0 Å². The van der Waals surface area contributed by atoms with Crippen molar-refractivity contribution in [1.29, 1.82) is 0 Å². The zero-order chi connectivity index (χ0) is 18.0. The Balaban J connectivity index is 1.80. The number of benzene rings is 2. The van der Waals surface area contributed by atoms with E-state index in [1.807, 2.05) is 12.1 Å². The summed E-state index contributed by atoms with van der Waals surface area (Å²) < 4.78 is 2.12. The summed E-state index contributed by atoms with van der Waals surface area (Å²) >= 11 is 8.76. The van der Waals surface area contributed by atoms with Crippen molar-refractivity contribution in [3.05, 3.63) is 72.9 Å². The summed E-state index contributed by atoms with van der Waals surface area (Å²) in [6.45, 7) is 6.69. The highest BCUT2D eigenvalue weighted by molar-refractivity contribution is 9.11. The van der Waals surface area contributed by atoms with Crippen LogP contribution in [-0.2, 0) is 5.41 Å². The lowest BCUT2D eigenvalue weighted by Crippen LogP contribution is -2.10. The molecule has 0 saturated heterocycles. The maximum absolute atomic E-state index is 4.75. The third-order valence-corrected chi connectivity index (χ3v) is 6.11. The molecule has 1 aromatic heterocycles. The van der Waals surface area contributed by atoms with Crippen LogP contribution in [-0.4, -0.2) is 4.98 Å². The number of thiazole rings is 1. The van der Waals surface area contributed by atoms with E-state index in [0.29, 0.717) is 0 Å². The van der Waals surface area contributed by atoms with E-state index in [9.17, 15) is 0 Å². The van der Waals surface area contributed by atoms with E-state index >= 15 is 0 Å². The van der Waals surface area contributed by atoms with E-state index < -0.39 is 0 Å². The van der Waals surface area contributed by atoms with Crippen LogP contribution in [0.4, 0.5) is 0 Å². The molecule has 25 heavy (non-hydrogen) atoms. The first-order chi connectivity index (χ1) is 11.8. The van der Waals surface area contributed by atoms with Gasteiger partial charge < -0.3 is 0 Å². The first-order valence-corrected chi connectivity index (χ1v) is 10.4. The van der Waals surface area contributed by atoms with Gasteiger partial charge in [-0.25, -0.2) is 4.98 Å². The van der Waals surface area contributed by atoms with Gasteiger partial charge in [-0.3, -0.25) is 0 Å². The Morgan fingerprint density at radius 3 is 2.12 bits per heavy atom. The second-order valence-electron chi connectivity index (χ2n) is 6.89. The van der Waals surface area contributed by atoms with Crippen LogP contribution >= 0.6 is 43.2 Å². The molecule has 0 bridgehead atoms. The molecule has 0 saturated carbocycles. The monoisotopic (exact) mass is 475 g/mol. The lowest BCUT2D eigenvalue weighted by Gasteiger charge is -2.18. The van der Waals surface area contributed by atoms with Crippen LogP contribution in [0.2, 0.25) is 0 Å². The maximum atomic E-state index is 4.75. The van der Waals surface area contributed by atoms with Crippen LogP contribution in [0.1, 0.15) is 36.9 Å². The lowest BCUT2D eigenvalue weighted by atomic mass is 9.87. The van der Waals surface area contributed by atoms with Crippen molar-refractivity contribution in [2.24, 2.45) is 0 Å². The SMILES string of the molecule is CC(C)(C)c1ccc(C=Cc2nc(-c3ccc(Br)cc3)c(Br)s2)cc1. The van der Waals surface area contributed by atoms with Crippen molar-refractivity contribution in [1.82, 2.24) is 4.98 Å². The van der Waals surface area contributed by atoms with Crippen molar-refractivity contribution in [3.8, 4) is 11.3 Å². The van der Waals surface area contributed by atoms with Crippen molar-refractivity contribution in [3.63, 3.8) is 0 Å². The summed E-state index contributed by atoms with van der Waals surface area (Å²) in [5.74, 6) is 0. The quantitative estimate of drug-likeness (QED) is 0.375. The van der Waals surface area contributed by atoms with Gasteiger partial charge in [-0.05, 0) is 50.7 Å². The minimum Gasteiger partial charge on any atom is -0.235 e. The summed E-state index contributed by atoms with van der Waals surface area (Å²) in [5.41, 5.74) is 4.81. The Kier molecular flexibility index (Phi) is 5.62. The summed E-state index contributed by atoms with van der Waals surface area (Å²) in [6.07, 6.45) is 4.19. The average molecular weight is 477 g/mol. The van der Waals surface area contributed by atoms with Gasteiger partial charge in [-0.2, -0.15) is 0 Å². The average Bonchev–Trinajstić information content (AvgIpc) is 2.94. The highest BCUT2D eigenvalue weighted by Crippen LogP contribution is 2.34. The normalized spacial score (nSPS) is 12.0. The van der Waals surface area contributed by atoms with Gasteiger partial charge in [0.2, 0.25) is 0 Å². The Morgan fingerprint density at radius 1 is 0.880 bits per heavy atom. The van der Waals surface area contributed by atoms with Crippen LogP contribution in [0.5, 0.6) is 0 Å². The van der Waals surface area contributed by atoms with E-state index in [4.69, 9.17) is 4.98 Å². The minimum atomic E-state index is 0.183. The van der Waals surface area contributed by atoms with Gasteiger partial charge >= 0.3 is 0 Å². The largest absolute Gasteiger partial charge is 0.235 e. The first kappa shape index (κ1) is 18.6. The molecular weight excluding hydrogens is 458 g/mol. The van der Waals surface area contributed by atoms with E-state index in [1.54, 1.807) is 11.3 Å². The van der Waals surface area contributed by atoms with E-state index in [1.165, 1.54) is 11.1 Å². The van der Waals surface area contributed by atoms with Gasteiger partial charge in [0.25, 0.3) is 0 Å². The van der Waals surface area contributed by atoms with Crippen molar-refractivity contribution < 1.29 is 0 Å². The molecule has 3 aromatic rings. The second-order valence-corrected chi connectivity index (χ2v) is 10.2. The Bertz CT molecular complexity index is 885. The highest BCUT2D eigenvalue weighted by Gasteiger charge is 2.12. The molecule has 0 aliphatic heterocycles. The van der Waals surface area contributed by atoms with Gasteiger partial charge in [0.05, 0.1) is 9.48 Å². The van der Waals surface area contributed by atoms with Crippen LogP contribution in [0.15, 0.2) is 56.8 Å². The molecule has 0 spiro atoms. The minimum absolute atomic E-state index is 0.183. The zero-order valence-electron chi connectivity index (χ0n) is 14.4. The fourth-order valence-corrected chi connectivity index (χ4v) is 4.23. The number of aromatic nitrogens is 1. The molecule has 4 heteroatoms. The summed E-state index contributed by atoms with van der Waals surface area (Å²) in [4.78, 5) is 4.75. The molecule has 1 nitrogen and oxygen atoms in total. The first-order valence-electron chi connectivity index (χ1n) is 8.04. The smallest absolute Gasteiger partial charge is 0.117 e. The molecule has 1 heterocycles. The highest BCUT2D eigenvalue weighted by atomic mass is 79.9. The summed E-state index contributed by atoms with van der Waals surface area (Å²) in [7, 11) is 0. The predicted octanol–water partition coefficient (Wildman–Crippen LogP) is 7.80. The van der Waals surface area contributed by atoms with Crippen LogP contribution in [0.25, 0.3) is 23.4 Å². The molecule has 0 fully saturated rings. The number of hydrogen-bond acceptors (Lipinski definition) is 2. The molecule has 0 unspecified atom stereocenters. The number of hydrogen-bond donors (Lipinski definition) is 0. The Morgan fingerprint density at radius 2 is 1.52 bits per heavy atom. The molecule has 0 N–H and O–H groups in total. The van der Waals surface area contributed by atoms with Crippen molar-refractivity contribution in [2.45, 2.75) is 26.2 Å². The molecule has 0 atom stereocenters. The van der Waals surface area contributed by atoms with E-state index in [2.05, 4.69) is 101 Å². The van der Waals surface area contributed by atoms with Crippen LogP contribution in [0.3, 0.4) is 0 Å². The molecule has 2 aromatic carbocycles. The van der Waals surface area contributed by atoms with Gasteiger partial charge in [-0.15, -0.1) is 11.3 Å². The number of halogens is 2. The molecule has 128 valence electrons. The summed E-state index contributed by atoms with van der Waals surface area (Å²) in [5, 5.41) is 0.990. The fraction of sp³-hybridized carbons (Fsp3) is 0.190. The zero-order valence-corrected chi connectivity index (χ0v) is 18.4. The van der Waals surface area contributed by atoms with Crippen molar-refractivity contribution >= 4 is 55.3 Å². The van der Waals surface area contributed by atoms with Gasteiger partial charge in [-0.1, -0.05) is 79.2 Å². The lowest BCUT2D eigenvalue weighted by molar-refractivity contribution is 0.590. The molecule has 3 rings (SSSR count). The third kappa shape index (κ3) is 4.69. The number of rotatable bonds is 3. The van der Waals surface area contributed by atoms with E-state index in [-0.39, 0.29) is 5.41 Å². The van der Waals surface area contributed by atoms with Gasteiger partial charge in [0.1, 0.15) is 5.01 Å². The standard InChI is InChI=1S/C21H19Br2NS/c1-21(2,3)16-9-4-14(5-10-16)6-13-18-24-19(20(23)25-18)15-7-11-17(22)12-8-15/h4-13H,1-3H3. The van der Waals surface area contributed by atoms with Crippen molar-refractivity contribution in [2.75, 3.05) is 0 Å². The Hall–Kier alpha value is -1.23. The maximum Gasteiger partial charge on any atom is 0.117 e. The molecular formula is C21H19Br2NS. The molecule has 0 amide bonds. The molecule has 0 aliphatic carbocycles. The Labute approximate surface area is 170 Å². The number of nitrogens with zero attached hydrogens (tertiary/aromatic N) is 1. The molecule has 0 radical (unpaired) electrons. The van der Waals surface area contributed by atoms with E-state index in [0.717, 1.165) is 24.5 Å². The van der Waals surface area contributed by atoms with Gasteiger partial charge in [0.15, 0.2) is 0 Å². The summed E-state index contributed by atoms with van der Waals surface area (Å²) in [6, 6.07) is 16.9. The fourth-order valence-electron chi connectivity index (χ4n) is 2.44. The topological polar surface area (TPSA) is 12.9 Å². The second kappa shape index (κ2) is 7.56. The van der Waals surface area contributed by atoms with Crippen LogP contribution < -0.4 is 0 Å². The van der Waals surface area contributed by atoms with Crippen LogP contribution in [0, 0.1) is 0 Å². The predicted molar refractivity (Wildman–Crippen MR) is 117 cm³/mol. The third-order valence-electron chi connectivity index (χ3n) is 3.92.